The number of carbonyl (C=O) groups excluding carboxylic acids is 1. The summed E-state index contributed by atoms with van der Waals surface area (Å²) in [6.07, 6.45) is 2.21. The molecule has 4 nitrogen and oxygen atoms in total. The number of nitrogens with one attached hydrogen (secondary N) is 2. The van der Waals surface area contributed by atoms with Crippen molar-refractivity contribution < 1.29 is 9.21 Å². The molecule has 0 aliphatic carbocycles. The molecule has 0 bridgehead atoms. The lowest BCUT2D eigenvalue weighted by Gasteiger charge is -2.01. The van der Waals surface area contributed by atoms with Crippen molar-refractivity contribution in [3.63, 3.8) is 0 Å². The molecule has 106 valence electrons. The molecule has 0 unspecified atom stereocenters. The van der Waals surface area contributed by atoms with Crippen LogP contribution < -0.4 is 10.0 Å². The number of thiol groups is 1. The summed E-state index contributed by atoms with van der Waals surface area (Å²) in [4.78, 5) is 10.6. The average Bonchev–Trinajstić information content (AvgIpc) is 2.82. The van der Waals surface area contributed by atoms with Crippen LogP contribution in [0, 0.1) is 0 Å². The zero-order valence-corrected chi connectivity index (χ0v) is 13.9. The van der Waals surface area contributed by atoms with Gasteiger partial charge in [0.15, 0.2) is 6.29 Å². The van der Waals surface area contributed by atoms with Crippen LogP contribution >= 0.6 is 28.7 Å². The molecular weight excluding hydrogens is 328 g/mol. The van der Waals surface area contributed by atoms with Crippen LogP contribution in [0.25, 0.3) is 11.0 Å². The Labute approximate surface area is 127 Å². The largest absolute Gasteiger partial charge is 0.463 e. The van der Waals surface area contributed by atoms with E-state index in [4.69, 9.17) is 4.42 Å². The van der Waals surface area contributed by atoms with Crippen LogP contribution in [-0.4, -0.2) is 20.4 Å². The van der Waals surface area contributed by atoms with Gasteiger partial charge in [-0.15, -0.1) is 0 Å². The minimum absolute atomic E-state index is 0.548. The van der Waals surface area contributed by atoms with Crippen molar-refractivity contribution in [1.29, 1.82) is 0 Å². The fourth-order valence-corrected chi connectivity index (χ4v) is 2.02. The average molecular weight is 347 g/mol. The minimum atomic E-state index is 0.548. The summed E-state index contributed by atoms with van der Waals surface area (Å²) in [6, 6.07) is 3.60. The second kappa shape index (κ2) is 9.89. The molecule has 19 heavy (non-hydrogen) atoms. The van der Waals surface area contributed by atoms with E-state index in [1.807, 2.05) is 34.0 Å². The number of carbonyl (C=O) groups is 1. The van der Waals surface area contributed by atoms with Crippen LogP contribution in [0.15, 0.2) is 27.3 Å². The number of anilines is 1. The Morgan fingerprint density at radius 1 is 1.32 bits per heavy atom. The third-order valence-electron chi connectivity index (χ3n) is 1.94. The highest BCUT2D eigenvalue weighted by molar-refractivity contribution is 9.10. The molecule has 1 aromatic heterocycles. The molecule has 0 fully saturated rings. The smallest absolute Gasteiger partial charge is 0.153 e. The summed E-state index contributed by atoms with van der Waals surface area (Å²) in [7, 11) is 3.75. The lowest BCUT2D eigenvalue weighted by Crippen LogP contribution is -1.89. The van der Waals surface area contributed by atoms with Crippen LogP contribution in [0.1, 0.15) is 24.2 Å². The van der Waals surface area contributed by atoms with Crippen molar-refractivity contribution in [2.45, 2.75) is 13.8 Å². The van der Waals surface area contributed by atoms with Gasteiger partial charge >= 0.3 is 0 Å². The number of rotatable bonds is 2. The van der Waals surface area contributed by atoms with E-state index in [0.717, 1.165) is 21.8 Å². The predicted octanol–water partition coefficient (Wildman–Crippen LogP) is 4.13. The van der Waals surface area contributed by atoms with E-state index in [0.29, 0.717) is 11.1 Å². The molecule has 1 aromatic carbocycles. The molecule has 0 saturated heterocycles. The van der Waals surface area contributed by atoms with Crippen LogP contribution in [-0.2, 0) is 0 Å². The van der Waals surface area contributed by atoms with Crippen LogP contribution in [0.2, 0.25) is 0 Å². The maximum atomic E-state index is 10.6. The first-order chi connectivity index (χ1) is 9.17. The summed E-state index contributed by atoms with van der Waals surface area (Å²) in [5, 5.41) is 3.54. The Kier molecular flexibility index (Phi) is 9.38. The van der Waals surface area contributed by atoms with Gasteiger partial charge in [-0.1, -0.05) is 26.7 Å². The van der Waals surface area contributed by atoms with Crippen molar-refractivity contribution in [2.75, 3.05) is 18.8 Å². The zero-order valence-electron chi connectivity index (χ0n) is 11.5. The number of halogens is 1. The monoisotopic (exact) mass is 346 g/mol. The van der Waals surface area contributed by atoms with E-state index in [9.17, 15) is 4.79 Å². The highest BCUT2D eigenvalue weighted by atomic mass is 79.9. The van der Waals surface area contributed by atoms with E-state index in [1.54, 1.807) is 6.07 Å². The maximum Gasteiger partial charge on any atom is 0.153 e. The lowest BCUT2D eigenvalue weighted by atomic mass is 10.2. The molecule has 0 saturated carbocycles. The molecule has 6 heteroatoms. The molecule has 2 aromatic rings. The second-order valence-corrected chi connectivity index (χ2v) is 4.33. The molecule has 0 aliphatic rings. The topological polar surface area (TPSA) is 54.3 Å². The van der Waals surface area contributed by atoms with Gasteiger partial charge in [0.2, 0.25) is 0 Å². The molecule has 0 amide bonds. The van der Waals surface area contributed by atoms with Gasteiger partial charge in [-0.05, 0) is 36.1 Å². The first-order valence-electron chi connectivity index (χ1n) is 5.82. The summed E-state index contributed by atoms with van der Waals surface area (Å²) >= 11 is 7.30. The van der Waals surface area contributed by atoms with Gasteiger partial charge in [-0.3, -0.25) is 4.79 Å². The fraction of sp³-hybridized carbons (Fsp3) is 0.308. The third-order valence-corrected chi connectivity index (χ3v) is 2.84. The molecule has 0 radical (unpaired) electrons. The third kappa shape index (κ3) is 4.89. The highest BCUT2D eigenvalue weighted by Gasteiger charge is 2.08. The number of hydrogen-bond donors (Lipinski definition) is 3. The van der Waals surface area contributed by atoms with E-state index in [2.05, 4.69) is 38.8 Å². The molecular formula is C13H19BrN2O2S. The molecule has 0 spiro atoms. The van der Waals surface area contributed by atoms with E-state index < -0.39 is 0 Å². The van der Waals surface area contributed by atoms with E-state index in [1.165, 1.54) is 6.26 Å². The van der Waals surface area contributed by atoms with Crippen molar-refractivity contribution in [3.8, 4) is 0 Å². The second-order valence-electron chi connectivity index (χ2n) is 3.25. The van der Waals surface area contributed by atoms with Crippen molar-refractivity contribution >= 4 is 51.7 Å². The number of furan rings is 1. The number of aldehydes is 1. The summed E-state index contributed by atoms with van der Waals surface area (Å²) in [6.45, 7) is 4.00. The van der Waals surface area contributed by atoms with Gasteiger partial charge in [0, 0.05) is 15.9 Å². The summed E-state index contributed by atoms with van der Waals surface area (Å²) in [5.74, 6) is 0. The summed E-state index contributed by atoms with van der Waals surface area (Å²) < 4.78 is 8.76. The summed E-state index contributed by atoms with van der Waals surface area (Å²) in [5.41, 5.74) is 2.01. The van der Waals surface area contributed by atoms with E-state index in [-0.39, 0.29) is 0 Å². The molecule has 2 N–H and O–H groups in total. The quantitative estimate of drug-likeness (QED) is 0.565. The molecule has 2 rings (SSSR count). The SMILES string of the molecule is CC.CNC.O=Cc1coc2cc(NS)c(Br)cc12. The Morgan fingerprint density at radius 2 is 1.89 bits per heavy atom. The van der Waals surface area contributed by atoms with Crippen molar-refractivity contribution in [3.05, 3.63) is 28.4 Å². The number of benzene rings is 1. The normalized spacial score (nSPS) is 8.95. The molecule has 0 atom stereocenters. The number of fused-ring (bicyclic) bond motifs is 1. The van der Waals surface area contributed by atoms with Crippen LogP contribution in [0.4, 0.5) is 5.69 Å². The van der Waals surface area contributed by atoms with Gasteiger partial charge in [0.1, 0.15) is 11.8 Å². The number of hydrogen-bond acceptors (Lipinski definition) is 5. The van der Waals surface area contributed by atoms with Gasteiger partial charge in [-0.25, -0.2) is 0 Å². The first-order valence-corrected chi connectivity index (χ1v) is 7.06. The Morgan fingerprint density at radius 3 is 2.37 bits per heavy atom. The predicted molar refractivity (Wildman–Crippen MR) is 88.2 cm³/mol. The van der Waals surface area contributed by atoms with Crippen LogP contribution in [0.3, 0.4) is 0 Å². The van der Waals surface area contributed by atoms with E-state index >= 15 is 0 Å². The molecule has 1 heterocycles. The lowest BCUT2D eigenvalue weighted by molar-refractivity contribution is 0.112. The van der Waals surface area contributed by atoms with Crippen molar-refractivity contribution in [2.24, 2.45) is 0 Å². The Hall–Kier alpha value is -0.980. The van der Waals surface area contributed by atoms with Crippen molar-refractivity contribution in [1.82, 2.24) is 5.32 Å². The van der Waals surface area contributed by atoms with Crippen LogP contribution in [0.5, 0.6) is 0 Å². The Bertz CT molecular complexity index is 515. The van der Waals surface area contributed by atoms with Gasteiger partial charge < -0.3 is 14.5 Å². The fourth-order valence-electron chi connectivity index (χ4n) is 1.24. The van der Waals surface area contributed by atoms with Gasteiger partial charge in [0.05, 0.1) is 11.3 Å². The first kappa shape index (κ1) is 18.0. The standard InChI is InChI=1S/C9H6BrNO2S.C2H7N.C2H6/c10-7-1-6-5(3-12)4-13-9(6)2-8(7)11-14;1-3-2;1-2/h1-4,11,14H;3H,1-2H3;1-2H3. The highest BCUT2D eigenvalue weighted by Crippen LogP contribution is 2.31. The minimum Gasteiger partial charge on any atom is -0.463 e. The van der Waals surface area contributed by atoms with Gasteiger partial charge in [0.25, 0.3) is 0 Å². The van der Waals surface area contributed by atoms with Gasteiger partial charge in [-0.2, -0.15) is 0 Å². The maximum absolute atomic E-state index is 10.6. The Balaban J connectivity index is 0.000000573. The zero-order chi connectivity index (χ0) is 14.8. The molecule has 0 aliphatic heterocycles.